The molecule has 0 radical (unpaired) electrons. The third-order valence-corrected chi connectivity index (χ3v) is 4.79. The average molecular weight is 394 g/mol. The highest BCUT2D eigenvalue weighted by Gasteiger charge is 2.10. The second-order valence-corrected chi connectivity index (χ2v) is 6.82. The van der Waals surface area contributed by atoms with Crippen LogP contribution in [0.4, 0.5) is 5.82 Å². The highest BCUT2D eigenvalue weighted by molar-refractivity contribution is 6.03. The first-order chi connectivity index (χ1) is 14.8. The Hall–Kier alpha value is -4.26. The standard InChI is InChI=1S/C23H18N6O/c30-23(26-22-12-14-28(27-22)15-18-5-3-4-13-24-18)17-8-10-19(11-9-17)29-16-25-20-6-1-2-7-21(20)29/h1-14,16H,15H2,(H,26,27,30). The molecule has 0 saturated heterocycles. The Morgan fingerprint density at radius 1 is 0.900 bits per heavy atom. The molecule has 5 aromatic rings. The molecule has 0 spiro atoms. The highest BCUT2D eigenvalue weighted by atomic mass is 16.1. The molecule has 0 atom stereocenters. The van der Waals surface area contributed by atoms with Gasteiger partial charge in [0.2, 0.25) is 0 Å². The summed E-state index contributed by atoms with van der Waals surface area (Å²) in [6.07, 6.45) is 5.35. The first kappa shape index (κ1) is 17.8. The van der Waals surface area contributed by atoms with Gasteiger partial charge in [-0.15, -0.1) is 0 Å². The van der Waals surface area contributed by atoms with E-state index in [1.807, 2.05) is 65.4 Å². The van der Waals surface area contributed by atoms with Crippen LogP contribution in [0.5, 0.6) is 0 Å². The zero-order valence-corrected chi connectivity index (χ0v) is 16.0. The number of anilines is 1. The van der Waals surface area contributed by atoms with Crippen molar-refractivity contribution in [1.29, 1.82) is 0 Å². The summed E-state index contributed by atoms with van der Waals surface area (Å²) in [6.45, 7) is 0.546. The van der Waals surface area contributed by atoms with Crippen molar-refractivity contribution in [3.63, 3.8) is 0 Å². The summed E-state index contributed by atoms with van der Waals surface area (Å²) in [5.74, 6) is 0.292. The summed E-state index contributed by atoms with van der Waals surface area (Å²) in [4.78, 5) is 21.3. The van der Waals surface area contributed by atoms with Crippen LogP contribution in [0.3, 0.4) is 0 Å². The second-order valence-electron chi connectivity index (χ2n) is 6.82. The molecule has 0 aliphatic rings. The molecular weight excluding hydrogens is 376 g/mol. The number of carbonyl (C=O) groups is 1. The Morgan fingerprint density at radius 3 is 2.57 bits per heavy atom. The second kappa shape index (κ2) is 7.63. The van der Waals surface area contributed by atoms with Crippen LogP contribution in [-0.4, -0.2) is 30.2 Å². The maximum absolute atomic E-state index is 12.6. The number of aromatic nitrogens is 5. The van der Waals surface area contributed by atoms with E-state index in [0.29, 0.717) is 17.9 Å². The molecule has 30 heavy (non-hydrogen) atoms. The number of hydrogen-bond acceptors (Lipinski definition) is 4. The number of pyridine rings is 1. The normalized spacial score (nSPS) is 10.9. The SMILES string of the molecule is O=C(Nc1ccn(Cc2ccccn2)n1)c1ccc(-n2cnc3ccccc32)cc1. The molecule has 3 aromatic heterocycles. The molecule has 0 fully saturated rings. The Labute approximate surface area is 172 Å². The largest absolute Gasteiger partial charge is 0.305 e. The van der Waals surface area contributed by atoms with Gasteiger partial charge in [-0.3, -0.25) is 19.0 Å². The number of hydrogen-bond donors (Lipinski definition) is 1. The molecule has 0 unspecified atom stereocenters. The van der Waals surface area contributed by atoms with Crippen LogP contribution in [0.1, 0.15) is 16.1 Å². The lowest BCUT2D eigenvalue weighted by atomic mass is 10.2. The lowest BCUT2D eigenvalue weighted by Crippen LogP contribution is -2.13. The molecule has 0 bridgehead atoms. The number of rotatable bonds is 5. The van der Waals surface area contributed by atoms with Crippen molar-refractivity contribution in [2.45, 2.75) is 6.54 Å². The van der Waals surface area contributed by atoms with Crippen LogP contribution in [-0.2, 0) is 6.54 Å². The molecule has 7 heteroatoms. The van der Waals surface area contributed by atoms with E-state index in [1.54, 1.807) is 35.4 Å². The van der Waals surface area contributed by atoms with Crippen LogP contribution in [0.15, 0.2) is 91.5 Å². The van der Waals surface area contributed by atoms with Gasteiger partial charge in [0, 0.05) is 29.7 Å². The number of benzene rings is 2. The fourth-order valence-corrected chi connectivity index (χ4v) is 3.30. The molecule has 5 rings (SSSR count). The first-order valence-corrected chi connectivity index (χ1v) is 9.53. The van der Waals surface area contributed by atoms with E-state index in [4.69, 9.17) is 0 Å². The van der Waals surface area contributed by atoms with Gasteiger partial charge in [-0.25, -0.2) is 4.98 Å². The van der Waals surface area contributed by atoms with Crippen molar-refractivity contribution in [2.75, 3.05) is 5.32 Å². The summed E-state index contributed by atoms with van der Waals surface area (Å²) < 4.78 is 3.74. The molecule has 7 nitrogen and oxygen atoms in total. The van der Waals surface area contributed by atoms with Crippen molar-refractivity contribution in [3.8, 4) is 5.69 Å². The van der Waals surface area contributed by atoms with E-state index in [1.165, 1.54) is 0 Å². The minimum atomic E-state index is -0.208. The number of nitrogens with zero attached hydrogens (tertiary/aromatic N) is 5. The van der Waals surface area contributed by atoms with Crippen LogP contribution in [0.2, 0.25) is 0 Å². The van der Waals surface area contributed by atoms with Crippen LogP contribution in [0, 0.1) is 0 Å². The number of carbonyl (C=O) groups excluding carboxylic acids is 1. The number of para-hydroxylation sites is 2. The van der Waals surface area contributed by atoms with Crippen LogP contribution >= 0.6 is 0 Å². The van der Waals surface area contributed by atoms with E-state index >= 15 is 0 Å². The third kappa shape index (κ3) is 3.56. The predicted molar refractivity (Wildman–Crippen MR) is 115 cm³/mol. The predicted octanol–water partition coefficient (Wildman–Crippen LogP) is 3.92. The van der Waals surface area contributed by atoms with Gasteiger partial charge in [0.05, 0.1) is 23.3 Å². The Morgan fingerprint density at radius 2 is 1.73 bits per heavy atom. The minimum Gasteiger partial charge on any atom is -0.305 e. The molecule has 1 amide bonds. The Balaban J connectivity index is 1.29. The van der Waals surface area contributed by atoms with Gasteiger partial charge < -0.3 is 5.32 Å². The maximum Gasteiger partial charge on any atom is 0.256 e. The summed E-state index contributed by atoms with van der Waals surface area (Å²) in [7, 11) is 0. The zero-order valence-electron chi connectivity index (χ0n) is 16.0. The van der Waals surface area contributed by atoms with E-state index in [2.05, 4.69) is 20.4 Å². The van der Waals surface area contributed by atoms with Crippen LogP contribution < -0.4 is 5.32 Å². The van der Waals surface area contributed by atoms with Crippen molar-refractivity contribution >= 4 is 22.8 Å². The summed E-state index contributed by atoms with van der Waals surface area (Å²) in [6, 6.07) is 22.9. The van der Waals surface area contributed by atoms with Gasteiger partial charge in [0.15, 0.2) is 5.82 Å². The van der Waals surface area contributed by atoms with Crippen molar-refractivity contribution in [1.82, 2.24) is 24.3 Å². The fraction of sp³-hybridized carbons (Fsp3) is 0.0435. The average Bonchev–Trinajstić information content (AvgIpc) is 3.41. The number of imidazole rings is 1. The molecule has 0 aliphatic carbocycles. The highest BCUT2D eigenvalue weighted by Crippen LogP contribution is 2.18. The molecule has 0 aliphatic heterocycles. The van der Waals surface area contributed by atoms with Gasteiger partial charge in [-0.05, 0) is 48.5 Å². The Kier molecular flexibility index (Phi) is 4.53. The lowest BCUT2D eigenvalue weighted by Gasteiger charge is -2.06. The van der Waals surface area contributed by atoms with Crippen molar-refractivity contribution in [3.05, 3.63) is 103 Å². The summed E-state index contributed by atoms with van der Waals surface area (Å²) in [5, 5.41) is 7.23. The van der Waals surface area contributed by atoms with Crippen molar-refractivity contribution < 1.29 is 4.79 Å². The third-order valence-electron chi connectivity index (χ3n) is 4.79. The molecule has 3 heterocycles. The van der Waals surface area contributed by atoms with Gasteiger partial charge in [-0.1, -0.05) is 18.2 Å². The topological polar surface area (TPSA) is 77.6 Å². The van der Waals surface area contributed by atoms with Gasteiger partial charge in [0.1, 0.15) is 6.33 Å². The minimum absolute atomic E-state index is 0.208. The number of fused-ring (bicyclic) bond motifs is 1. The van der Waals surface area contributed by atoms with Crippen molar-refractivity contribution in [2.24, 2.45) is 0 Å². The Bertz CT molecular complexity index is 1300. The van der Waals surface area contributed by atoms with Gasteiger partial charge >= 0.3 is 0 Å². The quantitative estimate of drug-likeness (QED) is 0.490. The fourth-order valence-electron chi connectivity index (χ4n) is 3.30. The first-order valence-electron chi connectivity index (χ1n) is 9.53. The smallest absolute Gasteiger partial charge is 0.256 e. The lowest BCUT2D eigenvalue weighted by molar-refractivity contribution is 0.102. The zero-order chi connectivity index (χ0) is 20.3. The maximum atomic E-state index is 12.6. The molecular formula is C23H18N6O. The number of amides is 1. The number of nitrogens with one attached hydrogen (secondary N) is 1. The summed E-state index contributed by atoms with van der Waals surface area (Å²) in [5.41, 5.74) is 4.36. The molecule has 146 valence electrons. The molecule has 0 saturated carbocycles. The van der Waals surface area contributed by atoms with E-state index < -0.39 is 0 Å². The van der Waals surface area contributed by atoms with Gasteiger partial charge in [-0.2, -0.15) is 5.10 Å². The molecule has 1 N–H and O–H groups in total. The summed E-state index contributed by atoms with van der Waals surface area (Å²) >= 11 is 0. The molecule has 2 aromatic carbocycles. The van der Waals surface area contributed by atoms with E-state index in [9.17, 15) is 4.79 Å². The van der Waals surface area contributed by atoms with Gasteiger partial charge in [0.25, 0.3) is 5.91 Å². The van der Waals surface area contributed by atoms with E-state index in [-0.39, 0.29) is 5.91 Å². The van der Waals surface area contributed by atoms with E-state index in [0.717, 1.165) is 22.4 Å². The van der Waals surface area contributed by atoms with Crippen LogP contribution in [0.25, 0.3) is 16.7 Å². The monoisotopic (exact) mass is 394 g/mol.